The number of Topliss-reactive ketones (excluding diaryl/α,β-unsaturated/α-hetero) is 1. The minimum absolute atomic E-state index is 0.0714. The molecule has 0 saturated carbocycles. The number of ether oxygens (including phenoxy) is 1. The van der Waals surface area contributed by atoms with Crippen LogP contribution in [0.1, 0.15) is 22.8 Å². The molecule has 0 aliphatic rings. The molecule has 82 valence electrons. The molecule has 0 amide bonds. The summed E-state index contributed by atoms with van der Waals surface area (Å²) in [5.74, 6) is -0.913. The van der Waals surface area contributed by atoms with Crippen LogP contribution in [-0.4, -0.2) is 12.1 Å². The molecule has 0 saturated heterocycles. The Bertz CT molecular complexity index is 383. The summed E-state index contributed by atoms with van der Waals surface area (Å²) in [5, 5.41) is 0. The van der Waals surface area contributed by atoms with Crippen molar-refractivity contribution in [3.63, 3.8) is 0 Å². The van der Waals surface area contributed by atoms with E-state index in [4.69, 9.17) is 0 Å². The lowest BCUT2D eigenvalue weighted by molar-refractivity contribution is -0.274. The largest absolute Gasteiger partial charge is 0.573 e. The van der Waals surface area contributed by atoms with Crippen LogP contribution in [0.4, 0.5) is 13.2 Å². The number of rotatable bonds is 2. The number of hydrogen-bond acceptors (Lipinski definition) is 2. The molecule has 0 spiro atoms. The molecular formula is C10H9F3O2. The third-order valence-electron chi connectivity index (χ3n) is 1.74. The first-order valence-electron chi connectivity index (χ1n) is 4.17. The van der Waals surface area contributed by atoms with Gasteiger partial charge >= 0.3 is 6.36 Å². The van der Waals surface area contributed by atoms with E-state index in [-0.39, 0.29) is 5.56 Å². The zero-order valence-electron chi connectivity index (χ0n) is 8.18. The maximum atomic E-state index is 12.0. The fraction of sp³-hybridized carbons (Fsp3) is 0.300. The molecule has 0 N–H and O–H groups in total. The van der Waals surface area contributed by atoms with Crippen molar-refractivity contribution in [2.75, 3.05) is 0 Å². The zero-order chi connectivity index (χ0) is 11.6. The smallest absolute Gasteiger partial charge is 0.405 e. The van der Waals surface area contributed by atoms with E-state index >= 15 is 0 Å². The molecule has 5 heteroatoms. The Balaban J connectivity index is 3.13. The van der Waals surface area contributed by atoms with Crippen molar-refractivity contribution < 1.29 is 22.7 Å². The number of halogens is 3. The summed E-state index contributed by atoms with van der Waals surface area (Å²) in [6, 6.07) is 4.06. The number of benzene rings is 1. The summed E-state index contributed by atoms with van der Waals surface area (Å²) >= 11 is 0. The SMILES string of the molecule is CC(=O)c1ccc(C)cc1OC(F)(F)F. The van der Waals surface area contributed by atoms with Crippen molar-refractivity contribution in [1.29, 1.82) is 0 Å². The molecule has 2 nitrogen and oxygen atoms in total. The van der Waals surface area contributed by atoms with Crippen LogP contribution in [0.2, 0.25) is 0 Å². The molecule has 1 aromatic rings. The summed E-state index contributed by atoms with van der Waals surface area (Å²) < 4.78 is 39.7. The molecule has 1 rings (SSSR count). The average molecular weight is 218 g/mol. The van der Waals surface area contributed by atoms with Gasteiger partial charge in [0.15, 0.2) is 5.78 Å². The van der Waals surface area contributed by atoms with Crippen molar-refractivity contribution in [3.05, 3.63) is 29.3 Å². The highest BCUT2D eigenvalue weighted by Gasteiger charge is 2.32. The van der Waals surface area contributed by atoms with Gasteiger partial charge in [0, 0.05) is 0 Å². The highest BCUT2D eigenvalue weighted by molar-refractivity contribution is 5.96. The molecule has 15 heavy (non-hydrogen) atoms. The monoisotopic (exact) mass is 218 g/mol. The molecule has 0 aliphatic heterocycles. The molecule has 0 bridgehead atoms. The number of alkyl halides is 3. The summed E-state index contributed by atoms with van der Waals surface area (Å²) in [6.07, 6.45) is -4.78. The van der Waals surface area contributed by atoms with Crippen LogP contribution in [0.15, 0.2) is 18.2 Å². The fourth-order valence-corrected chi connectivity index (χ4v) is 1.13. The van der Waals surface area contributed by atoms with Gasteiger partial charge in [0.1, 0.15) is 5.75 Å². The van der Waals surface area contributed by atoms with Crippen molar-refractivity contribution in [2.45, 2.75) is 20.2 Å². The van der Waals surface area contributed by atoms with Gasteiger partial charge < -0.3 is 4.74 Å². The lowest BCUT2D eigenvalue weighted by atomic mass is 10.1. The van der Waals surface area contributed by atoms with E-state index in [1.54, 1.807) is 13.0 Å². The normalized spacial score (nSPS) is 11.3. The van der Waals surface area contributed by atoms with Crippen LogP contribution in [0.5, 0.6) is 5.75 Å². The van der Waals surface area contributed by atoms with Gasteiger partial charge in [-0.15, -0.1) is 13.2 Å². The minimum atomic E-state index is -4.78. The molecule has 0 aliphatic carbocycles. The van der Waals surface area contributed by atoms with E-state index in [1.165, 1.54) is 19.1 Å². The first kappa shape index (κ1) is 11.6. The minimum Gasteiger partial charge on any atom is -0.405 e. The Morgan fingerprint density at radius 2 is 1.93 bits per heavy atom. The number of carbonyl (C=O) groups is 1. The van der Waals surface area contributed by atoms with Crippen molar-refractivity contribution >= 4 is 5.78 Å². The van der Waals surface area contributed by atoms with Gasteiger partial charge in [-0.2, -0.15) is 0 Å². The maximum Gasteiger partial charge on any atom is 0.573 e. The second-order valence-electron chi connectivity index (χ2n) is 3.10. The average Bonchev–Trinajstić information content (AvgIpc) is 1.99. The van der Waals surface area contributed by atoms with Crippen molar-refractivity contribution in [2.24, 2.45) is 0 Å². The Hall–Kier alpha value is -1.52. The van der Waals surface area contributed by atoms with Crippen molar-refractivity contribution in [1.82, 2.24) is 0 Å². The molecule has 0 fully saturated rings. The first-order chi connectivity index (χ1) is 6.79. The summed E-state index contributed by atoms with van der Waals surface area (Å²) in [6.45, 7) is 2.81. The number of carbonyl (C=O) groups excluding carboxylic acids is 1. The Morgan fingerprint density at radius 3 is 2.40 bits per heavy atom. The lowest BCUT2D eigenvalue weighted by Gasteiger charge is -2.12. The number of hydrogen-bond donors (Lipinski definition) is 0. The third-order valence-corrected chi connectivity index (χ3v) is 1.74. The second kappa shape index (κ2) is 3.92. The highest BCUT2D eigenvalue weighted by atomic mass is 19.4. The Morgan fingerprint density at radius 1 is 1.33 bits per heavy atom. The van der Waals surface area contributed by atoms with Gasteiger partial charge in [-0.05, 0) is 31.5 Å². The summed E-state index contributed by atoms with van der Waals surface area (Å²) in [7, 11) is 0. The van der Waals surface area contributed by atoms with Crippen LogP contribution in [0.3, 0.4) is 0 Å². The van der Waals surface area contributed by atoms with Gasteiger partial charge in [-0.1, -0.05) is 6.07 Å². The van der Waals surface area contributed by atoms with Crippen molar-refractivity contribution in [3.8, 4) is 5.75 Å². The standard InChI is InChI=1S/C10H9F3O2/c1-6-3-4-8(7(2)14)9(5-6)15-10(11,12)13/h3-5H,1-2H3. The summed E-state index contributed by atoms with van der Waals surface area (Å²) in [5.41, 5.74) is 0.525. The van der Waals surface area contributed by atoms with E-state index in [9.17, 15) is 18.0 Å². The van der Waals surface area contributed by atoms with Gasteiger partial charge in [0.2, 0.25) is 0 Å². The number of ketones is 1. The van der Waals surface area contributed by atoms with Gasteiger partial charge in [-0.3, -0.25) is 4.79 Å². The van der Waals surface area contributed by atoms with Crippen LogP contribution in [-0.2, 0) is 0 Å². The van der Waals surface area contributed by atoms with Crippen LogP contribution >= 0.6 is 0 Å². The summed E-state index contributed by atoms with van der Waals surface area (Å²) in [4.78, 5) is 11.0. The van der Waals surface area contributed by atoms with E-state index in [0.29, 0.717) is 5.56 Å². The molecule has 0 atom stereocenters. The molecule has 0 heterocycles. The fourth-order valence-electron chi connectivity index (χ4n) is 1.13. The van der Waals surface area contributed by atoms with Gasteiger partial charge in [0.05, 0.1) is 5.56 Å². The molecule has 1 aromatic carbocycles. The second-order valence-corrected chi connectivity index (χ2v) is 3.10. The topological polar surface area (TPSA) is 26.3 Å². The van der Waals surface area contributed by atoms with Crippen LogP contribution in [0, 0.1) is 6.92 Å². The molecule has 0 radical (unpaired) electrons. The van der Waals surface area contributed by atoms with Crippen LogP contribution in [0.25, 0.3) is 0 Å². The quantitative estimate of drug-likeness (QED) is 0.713. The van der Waals surface area contributed by atoms with Gasteiger partial charge in [-0.25, -0.2) is 0 Å². The molecule has 0 aromatic heterocycles. The number of aryl methyl sites for hydroxylation is 1. The first-order valence-corrected chi connectivity index (χ1v) is 4.17. The predicted molar refractivity (Wildman–Crippen MR) is 47.9 cm³/mol. The van der Waals surface area contributed by atoms with E-state index in [0.717, 1.165) is 0 Å². The Kier molecular flexibility index (Phi) is 3.02. The van der Waals surface area contributed by atoms with E-state index in [1.807, 2.05) is 0 Å². The van der Waals surface area contributed by atoms with Gasteiger partial charge in [0.25, 0.3) is 0 Å². The van der Waals surface area contributed by atoms with E-state index < -0.39 is 17.9 Å². The Labute approximate surface area is 84.7 Å². The third kappa shape index (κ3) is 3.27. The maximum absolute atomic E-state index is 12.0. The zero-order valence-corrected chi connectivity index (χ0v) is 8.18. The molecule has 0 unspecified atom stereocenters. The molecular weight excluding hydrogens is 209 g/mol. The lowest BCUT2D eigenvalue weighted by Crippen LogP contribution is -2.18. The van der Waals surface area contributed by atoms with Crippen LogP contribution < -0.4 is 4.74 Å². The predicted octanol–water partition coefficient (Wildman–Crippen LogP) is 3.10. The van der Waals surface area contributed by atoms with E-state index in [2.05, 4.69) is 4.74 Å². The highest BCUT2D eigenvalue weighted by Crippen LogP contribution is 2.27.